The lowest BCUT2D eigenvalue weighted by atomic mass is 9.93. The van der Waals surface area contributed by atoms with E-state index in [2.05, 4.69) is 80.2 Å². The van der Waals surface area contributed by atoms with Gasteiger partial charge in [-0.15, -0.1) is 0 Å². The predicted octanol–water partition coefficient (Wildman–Crippen LogP) is 8.80. The molecule has 2 N–H and O–H groups in total. The van der Waals surface area contributed by atoms with Crippen LogP contribution in [0.1, 0.15) is 79.8 Å². The molecule has 276 valence electrons. The fraction of sp³-hybridized carbons (Fsp3) is 0.442. The summed E-state index contributed by atoms with van der Waals surface area (Å²) >= 11 is 6.91. The molecule has 3 aromatic carbocycles. The Balaban J connectivity index is 1.30. The number of aliphatic hydroxyl groups excluding tert-OH is 1. The number of nitriles is 1. The number of piperidine rings is 1. The third-order valence-electron chi connectivity index (χ3n) is 10.1. The molecule has 2 atom stereocenters. The average molecular weight is 725 g/mol. The summed E-state index contributed by atoms with van der Waals surface area (Å²) in [6.45, 7) is 14.6. The van der Waals surface area contributed by atoms with E-state index in [0.717, 1.165) is 70.7 Å². The zero-order valence-electron chi connectivity index (χ0n) is 31.3. The molecule has 0 saturated carbocycles. The Hall–Kier alpha value is -4.13. The number of hydrogen-bond acceptors (Lipinski definition) is 8. The minimum Gasteiger partial charge on any atom is -0.493 e. The highest BCUT2D eigenvalue weighted by atomic mass is 35.5. The van der Waals surface area contributed by atoms with Crippen molar-refractivity contribution in [1.82, 2.24) is 15.2 Å². The van der Waals surface area contributed by atoms with Crippen molar-refractivity contribution in [2.24, 2.45) is 5.92 Å². The highest BCUT2D eigenvalue weighted by molar-refractivity contribution is 6.32. The van der Waals surface area contributed by atoms with Crippen LogP contribution in [0.15, 0.2) is 67.0 Å². The van der Waals surface area contributed by atoms with Crippen LogP contribution >= 0.6 is 11.6 Å². The van der Waals surface area contributed by atoms with E-state index in [1.807, 2.05) is 24.3 Å². The Bertz CT molecular complexity index is 1820. The van der Waals surface area contributed by atoms with Crippen molar-refractivity contribution < 1.29 is 19.3 Å². The lowest BCUT2D eigenvalue weighted by Gasteiger charge is -2.33. The van der Waals surface area contributed by atoms with Gasteiger partial charge in [-0.3, -0.25) is 9.88 Å². The molecular weight excluding hydrogens is 672 g/mol. The smallest absolute Gasteiger partial charge is 0.142 e. The summed E-state index contributed by atoms with van der Waals surface area (Å²) < 4.78 is 19.1. The predicted molar refractivity (Wildman–Crippen MR) is 208 cm³/mol. The monoisotopic (exact) mass is 724 g/mol. The van der Waals surface area contributed by atoms with E-state index in [-0.39, 0.29) is 19.3 Å². The molecule has 0 spiro atoms. The van der Waals surface area contributed by atoms with Crippen LogP contribution in [0.4, 0.5) is 0 Å². The number of aromatic nitrogens is 1. The number of rotatable bonds is 17. The molecule has 0 radical (unpaired) electrons. The first kappa shape index (κ1) is 39.1. The number of nitrogens with zero attached hydrogens (tertiary/aromatic N) is 3. The topological polar surface area (TPSA) is 99.9 Å². The van der Waals surface area contributed by atoms with Crippen LogP contribution in [0.5, 0.6) is 17.2 Å². The first-order chi connectivity index (χ1) is 25.2. The normalized spacial score (nSPS) is 15.3. The van der Waals surface area contributed by atoms with Crippen molar-refractivity contribution in [3.63, 3.8) is 0 Å². The van der Waals surface area contributed by atoms with E-state index in [1.165, 1.54) is 19.3 Å². The fourth-order valence-electron chi connectivity index (χ4n) is 6.75. The maximum atomic E-state index is 9.58. The highest BCUT2D eigenvalue weighted by Gasteiger charge is 2.22. The summed E-state index contributed by atoms with van der Waals surface area (Å²) in [6, 6.07) is 20.9. The molecular formula is C43H53ClN4O4. The van der Waals surface area contributed by atoms with Crippen LogP contribution in [-0.2, 0) is 19.8 Å². The molecule has 9 heteroatoms. The van der Waals surface area contributed by atoms with Gasteiger partial charge in [-0.05, 0) is 105 Å². The number of halogens is 1. The van der Waals surface area contributed by atoms with Crippen molar-refractivity contribution in [1.29, 1.82) is 5.26 Å². The molecule has 1 fully saturated rings. The number of hydrogen-bond donors (Lipinski definition) is 2. The molecule has 1 aliphatic rings. The SMILES string of the molecule is Cc1c(COc2cc(OCc3cncc(C#N)c3)c(CN3CCCC[C@H]3C)cc2Cl)cccc1-c1cccc(OCCCN[C@H](CO)C(C)C)c1C. The van der Waals surface area contributed by atoms with Crippen molar-refractivity contribution in [3.8, 4) is 34.4 Å². The maximum Gasteiger partial charge on any atom is 0.142 e. The van der Waals surface area contributed by atoms with Crippen molar-refractivity contribution in [2.45, 2.75) is 92.1 Å². The molecule has 1 aliphatic heterocycles. The quantitative estimate of drug-likeness (QED) is 0.104. The Morgan fingerprint density at radius 1 is 0.942 bits per heavy atom. The minimum atomic E-state index is 0.0976. The van der Waals surface area contributed by atoms with Crippen LogP contribution in [0.2, 0.25) is 5.02 Å². The zero-order valence-corrected chi connectivity index (χ0v) is 32.0. The van der Waals surface area contributed by atoms with Gasteiger partial charge in [0.1, 0.15) is 36.5 Å². The largest absolute Gasteiger partial charge is 0.493 e. The first-order valence-corrected chi connectivity index (χ1v) is 18.9. The van der Waals surface area contributed by atoms with Gasteiger partial charge >= 0.3 is 0 Å². The first-order valence-electron chi connectivity index (χ1n) is 18.5. The number of likely N-dealkylation sites (tertiary alicyclic amines) is 1. The lowest BCUT2D eigenvalue weighted by molar-refractivity contribution is 0.150. The average Bonchev–Trinajstić information content (AvgIpc) is 3.14. The number of nitrogens with one attached hydrogen (secondary N) is 1. The molecule has 0 aliphatic carbocycles. The van der Waals surface area contributed by atoms with Gasteiger partial charge in [0.05, 0.1) is 23.8 Å². The van der Waals surface area contributed by atoms with E-state index >= 15 is 0 Å². The molecule has 52 heavy (non-hydrogen) atoms. The molecule has 5 rings (SSSR count). The van der Waals surface area contributed by atoms with Gasteiger partial charge in [-0.25, -0.2) is 0 Å². The van der Waals surface area contributed by atoms with Gasteiger partial charge in [0.2, 0.25) is 0 Å². The van der Waals surface area contributed by atoms with Crippen LogP contribution in [0, 0.1) is 31.1 Å². The molecule has 4 aromatic rings. The third-order valence-corrected chi connectivity index (χ3v) is 10.4. The molecule has 0 unspecified atom stereocenters. The highest BCUT2D eigenvalue weighted by Crippen LogP contribution is 2.37. The molecule has 1 aromatic heterocycles. The van der Waals surface area contributed by atoms with Crippen molar-refractivity contribution in [2.75, 3.05) is 26.3 Å². The Kier molecular flexibility index (Phi) is 14.4. The van der Waals surface area contributed by atoms with Crippen LogP contribution in [-0.4, -0.2) is 53.4 Å². The third kappa shape index (κ3) is 10.3. The van der Waals surface area contributed by atoms with Gasteiger partial charge in [0.25, 0.3) is 0 Å². The van der Waals surface area contributed by atoms with Crippen LogP contribution < -0.4 is 19.5 Å². The Morgan fingerprint density at radius 3 is 2.46 bits per heavy atom. The Morgan fingerprint density at radius 2 is 1.71 bits per heavy atom. The lowest BCUT2D eigenvalue weighted by Crippen LogP contribution is -2.37. The second-order valence-corrected chi connectivity index (χ2v) is 14.6. The number of benzene rings is 3. The van der Waals surface area contributed by atoms with E-state index in [1.54, 1.807) is 18.5 Å². The maximum absolute atomic E-state index is 9.58. The van der Waals surface area contributed by atoms with Gasteiger partial charge in [-0.2, -0.15) is 5.26 Å². The fourth-order valence-corrected chi connectivity index (χ4v) is 6.99. The summed E-state index contributed by atoms with van der Waals surface area (Å²) in [6.07, 6.45) is 7.72. The van der Waals surface area contributed by atoms with Gasteiger partial charge < -0.3 is 24.6 Å². The second kappa shape index (κ2) is 19.1. The molecule has 1 saturated heterocycles. The summed E-state index contributed by atoms with van der Waals surface area (Å²) in [7, 11) is 0. The second-order valence-electron chi connectivity index (χ2n) is 14.2. The molecule has 0 bridgehead atoms. The molecule has 0 amide bonds. The van der Waals surface area contributed by atoms with Gasteiger partial charge in [-0.1, -0.05) is 62.2 Å². The summed E-state index contributed by atoms with van der Waals surface area (Å²) in [5.41, 5.74) is 7.85. The van der Waals surface area contributed by atoms with E-state index in [0.29, 0.717) is 47.3 Å². The zero-order chi connectivity index (χ0) is 37.0. The van der Waals surface area contributed by atoms with Crippen LogP contribution in [0.3, 0.4) is 0 Å². The van der Waals surface area contributed by atoms with E-state index in [9.17, 15) is 10.4 Å². The number of pyridine rings is 1. The van der Waals surface area contributed by atoms with Crippen molar-refractivity contribution >= 4 is 11.6 Å². The Labute approximate surface area is 314 Å². The standard InChI is InChI=1S/C43H53ClN4O4/c1-29(2)40(26-49)47-16-10-18-50-41-15-9-14-38(32(41)5)37-13-8-12-35(31(37)4)28-52-43-21-42(51-27-34-19-33(22-45)23-46-24-34)36(20-39(43)44)25-48-17-7-6-11-30(48)3/h8-9,12-15,19-21,23-24,29-30,40,47,49H,6-7,10-11,16-18,25-28H2,1-5H3/t30-,40-/m1/s1. The number of aliphatic hydroxyl groups is 1. The molecule has 8 nitrogen and oxygen atoms in total. The number of ether oxygens (including phenoxy) is 3. The van der Waals surface area contributed by atoms with Gasteiger partial charge in [0.15, 0.2) is 0 Å². The summed E-state index contributed by atoms with van der Waals surface area (Å²) in [5, 5.41) is 22.9. The van der Waals surface area contributed by atoms with E-state index < -0.39 is 0 Å². The van der Waals surface area contributed by atoms with Crippen molar-refractivity contribution in [3.05, 3.63) is 105 Å². The van der Waals surface area contributed by atoms with Crippen LogP contribution in [0.25, 0.3) is 11.1 Å². The molecule has 2 heterocycles. The summed E-state index contributed by atoms with van der Waals surface area (Å²) in [5.74, 6) is 2.51. The minimum absolute atomic E-state index is 0.0976. The van der Waals surface area contributed by atoms with Gasteiger partial charge in [0, 0.05) is 48.2 Å². The summed E-state index contributed by atoms with van der Waals surface area (Å²) in [4.78, 5) is 6.68. The van der Waals surface area contributed by atoms with E-state index in [4.69, 9.17) is 25.8 Å².